The summed E-state index contributed by atoms with van der Waals surface area (Å²) in [7, 11) is 1.56. The Balaban J connectivity index is 1.52. The van der Waals surface area contributed by atoms with Gasteiger partial charge in [0.2, 0.25) is 5.91 Å². The van der Waals surface area contributed by atoms with Gasteiger partial charge in [0.25, 0.3) is 5.91 Å². The van der Waals surface area contributed by atoms with E-state index in [1.165, 1.54) is 11.8 Å². The quantitative estimate of drug-likeness (QED) is 0.361. The van der Waals surface area contributed by atoms with Crippen LogP contribution in [0.2, 0.25) is 0 Å². The first-order chi connectivity index (χ1) is 15.6. The van der Waals surface area contributed by atoms with E-state index in [1.807, 2.05) is 53.9 Å². The zero-order valence-electron chi connectivity index (χ0n) is 17.3. The highest BCUT2D eigenvalue weighted by Crippen LogP contribution is 2.27. The second-order valence-corrected chi connectivity index (χ2v) is 8.85. The molecule has 2 N–H and O–H groups in total. The maximum absolute atomic E-state index is 13.1. The monoisotopic (exact) mass is 463 g/mol. The fourth-order valence-corrected chi connectivity index (χ4v) is 4.53. The summed E-state index contributed by atoms with van der Waals surface area (Å²) in [6.45, 7) is 0.509. The van der Waals surface area contributed by atoms with Crippen LogP contribution in [0.3, 0.4) is 0 Å². The lowest BCUT2D eigenvalue weighted by Crippen LogP contribution is -2.24. The number of nitrogens with one attached hydrogen (secondary N) is 2. The molecular weight excluding hydrogens is 442 g/mol. The molecule has 32 heavy (non-hydrogen) atoms. The van der Waals surface area contributed by atoms with Crippen molar-refractivity contribution in [1.82, 2.24) is 10.3 Å². The molecule has 0 aliphatic carbocycles. The molecule has 4 rings (SSSR count). The third-order valence-electron chi connectivity index (χ3n) is 4.68. The summed E-state index contributed by atoms with van der Waals surface area (Å²) in [4.78, 5) is 31.1. The lowest BCUT2D eigenvalue weighted by molar-refractivity contribution is -0.118. The Labute approximate surface area is 194 Å². The number of anilines is 1. The number of aromatic nitrogens is 1. The van der Waals surface area contributed by atoms with Crippen LogP contribution in [0.4, 0.5) is 5.69 Å². The summed E-state index contributed by atoms with van der Waals surface area (Å²) in [5, 5.41) is 9.16. The van der Waals surface area contributed by atoms with Crippen LogP contribution < -0.4 is 15.4 Å². The van der Waals surface area contributed by atoms with Crippen molar-refractivity contribution < 1.29 is 14.3 Å². The summed E-state index contributed by atoms with van der Waals surface area (Å²) >= 11 is 2.90. The molecule has 0 spiro atoms. The number of hydrogen-bond acceptors (Lipinski definition) is 6. The van der Waals surface area contributed by atoms with Gasteiger partial charge in [-0.3, -0.25) is 9.59 Å². The van der Waals surface area contributed by atoms with Crippen LogP contribution in [0, 0.1) is 0 Å². The maximum atomic E-state index is 13.1. The third-order valence-corrected chi connectivity index (χ3v) is 6.47. The topological polar surface area (TPSA) is 80.3 Å². The predicted octanol–water partition coefficient (Wildman–Crippen LogP) is 4.97. The fourth-order valence-electron chi connectivity index (χ4n) is 3.14. The minimum Gasteiger partial charge on any atom is -0.495 e. The second-order valence-electron chi connectivity index (χ2n) is 6.82. The molecule has 0 atom stereocenters. The molecule has 0 aliphatic rings. The van der Waals surface area contributed by atoms with Crippen LogP contribution in [-0.2, 0) is 11.3 Å². The average Bonchev–Trinajstić information content (AvgIpc) is 3.35. The summed E-state index contributed by atoms with van der Waals surface area (Å²) < 4.78 is 5.33. The summed E-state index contributed by atoms with van der Waals surface area (Å²) in [6.07, 6.45) is 0. The number of rotatable bonds is 8. The molecule has 0 bridgehead atoms. The van der Waals surface area contributed by atoms with Crippen molar-refractivity contribution >= 4 is 51.5 Å². The number of pyridine rings is 1. The third kappa shape index (κ3) is 5.27. The van der Waals surface area contributed by atoms with Crippen LogP contribution in [0.15, 0.2) is 77.1 Å². The molecule has 6 nitrogen and oxygen atoms in total. The Hall–Kier alpha value is -3.36. The van der Waals surface area contributed by atoms with E-state index in [4.69, 9.17) is 4.74 Å². The molecule has 0 aliphatic heterocycles. The normalized spacial score (nSPS) is 10.7. The molecule has 0 saturated heterocycles. The van der Waals surface area contributed by atoms with Crippen molar-refractivity contribution in [2.24, 2.45) is 0 Å². The van der Waals surface area contributed by atoms with Gasteiger partial charge >= 0.3 is 0 Å². The molecule has 162 valence electrons. The van der Waals surface area contributed by atoms with E-state index in [-0.39, 0.29) is 17.6 Å². The zero-order valence-corrected chi connectivity index (χ0v) is 19.0. The number of thiophene rings is 1. The second kappa shape index (κ2) is 10.3. The summed E-state index contributed by atoms with van der Waals surface area (Å²) in [6, 6.07) is 20.4. The molecule has 2 aromatic heterocycles. The first-order valence-electron chi connectivity index (χ1n) is 9.90. The van der Waals surface area contributed by atoms with Crippen molar-refractivity contribution in [1.29, 1.82) is 0 Å². The SMILES string of the molecule is COc1ccccc1NC(=O)c1cc(SCC(=O)NCc2cccs2)nc2ccccc12. The molecule has 0 saturated carbocycles. The Bertz CT molecular complexity index is 1240. The van der Waals surface area contributed by atoms with Crippen LogP contribution in [0.5, 0.6) is 5.75 Å². The van der Waals surface area contributed by atoms with Crippen LogP contribution in [-0.4, -0.2) is 29.7 Å². The standard InChI is InChI=1S/C24H21N3O3S2/c1-30-21-11-5-4-10-20(21)27-24(29)18-13-23(26-19-9-3-2-8-17(18)19)32-15-22(28)25-14-16-7-6-12-31-16/h2-13H,14-15H2,1H3,(H,25,28)(H,27,29). The maximum Gasteiger partial charge on any atom is 0.256 e. The molecular formula is C24H21N3O3S2. The number of carbonyl (C=O) groups excluding carboxylic acids is 2. The van der Waals surface area contributed by atoms with Gasteiger partial charge in [-0.05, 0) is 35.7 Å². The molecule has 4 aromatic rings. The van der Waals surface area contributed by atoms with Crippen LogP contribution in [0.1, 0.15) is 15.2 Å². The number of methoxy groups -OCH3 is 1. The minimum absolute atomic E-state index is 0.0848. The summed E-state index contributed by atoms with van der Waals surface area (Å²) in [5.41, 5.74) is 1.77. The fraction of sp³-hybridized carbons (Fsp3) is 0.125. The first kappa shape index (κ1) is 21.9. The van der Waals surface area contributed by atoms with Gasteiger partial charge in [0, 0.05) is 10.3 Å². The number of fused-ring (bicyclic) bond motifs is 1. The van der Waals surface area contributed by atoms with Crippen LogP contribution >= 0.6 is 23.1 Å². The Morgan fingerprint density at radius 3 is 2.69 bits per heavy atom. The van der Waals surface area contributed by atoms with Gasteiger partial charge in [-0.1, -0.05) is 48.2 Å². The number of para-hydroxylation sites is 3. The van der Waals surface area contributed by atoms with Crippen molar-refractivity contribution in [2.75, 3.05) is 18.2 Å². The highest BCUT2D eigenvalue weighted by molar-refractivity contribution is 7.99. The van der Waals surface area contributed by atoms with Gasteiger partial charge in [0.15, 0.2) is 0 Å². The number of ether oxygens (including phenoxy) is 1. The molecule has 2 aromatic carbocycles. The van der Waals surface area contributed by atoms with Gasteiger partial charge < -0.3 is 15.4 Å². The van der Waals surface area contributed by atoms with Gasteiger partial charge in [-0.2, -0.15) is 0 Å². The zero-order chi connectivity index (χ0) is 22.3. The lowest BCUT2D eigenvalue weighted by Gasteiger charge is -2.12. The lowest BCUT2D eigenvalue weighted by atomic mass is 10.1. The smallest absolute Gasteiger partial charge is 0.256 e. The van der Waals surface area contributed by atoms with E-state index in [9.17, 15) is 9.59 Å². The molecule has 0 unspecified atom stereocenters. The predicted molar refractivity (Wildman–Crippen MR) is 130 cm³/mol. The number of hydrogen-bond donors (Lipinski definition) is 2. The highest BCUT2D eigenvalue weighted by Gasteiger charge is 2.16. The number of nitrogens with zero attached hydrogens (tertiary/aromatic N) is 1. The van der Waals surface area contributed by atoms with Crippen LogP contribution in [0.25, 0.3) is 10.9 Å². The van der Waals surface area contributed by atoms with Gasteiger partial charge in [0.05, 0.1) is 41.2 Å². The molecule has 0 radical (unpaired) electrons. The highest BCUT2D eigenvalue weighted by atomic mass is 32.2. The van der Waals surface area contributed by atoms with Crippen molar-refractivity contribution in [3.05, 3.63) is 82.6 Å². The van der Waals surface area contributed by atoms with E-state index in [0.29, 0.717) is 34.1 Å². The van der Waals surface area contributed by atoms with Crippen molar-refractivity contribution in [3.8, 4) is 5.75 Å². The van der Waals surface area contributed by atoms with E-state index < -0.39 is 0 Å². The number of thioether (sulfide) groups is 1. The first-order valence-corrected chi connectivity index (χ1v) is 11.8. The molecule has 2 amide bonds. The Morgan fingerprint density at radius 2 is 1.88 bits per heavy atom. The van der Waals surface area contributed by atoms with Crippen molar-refractivity contribution in [2.45, 2.75) is 11.6 Å². The Kier molecular flexibility index (Phi) is 7.03. The van der Waals surface area contributed by atoms with E-state index >= 15 is 0 Å². The molecule has 0 fully saturated rings. The largest absolute Gasteiger partial charge is 0.495 e. The van der Waals surface area contributed by atoms with Gasteiger partial charge in [0.1, 0.15) is 5.75 Å². The minimum atomic E-state index is -0.267. The average molecular weight is 464 g/mol. The van der Waals surface area contributed by atoms with Gasteiger partial charge in [-0.15, -0.1) is 11.3 Å². The van der Waals surface area contributed by atoms with Crippen molar-refractivity contribution in [3.63, 3.8) is 0 Å². The number of amides is 2. The number of carbonyl (C=O) groups is 2. The van der Waals surface area contributed by atoms with Gasteiger partial charge in [-0.25, -0.2) is 4.98 Å². The summed E-state index contributed by atoms with van der Waals surface area (Å²) in [5.74, 6) is 0.441. The molecule has 8 heteroatoms. The van der Waals surface area contributed by atoms with E-state index in [2.05, 4.69) is 15.6 Å². The van der Waals surface area contributed by atoms with E-state index in [1.54, 1.807) is 36.6 Å². The Morgan fingerprint density at radius 1 is 1.06 bits per heavy atom. The molecule has 2 heterocycles. The van der Waals surface area contributed by atoms with E-state index in [0.717, 1.165) is 10.3 Å². The number of benzene rings is 2.